The molecule has 1 aromatic rings. The lowest BCUT2D eigenvalue weighted by Crippen LogP contribution is -2.30. The number of sulfonamides is 1. The van der Waals surface area contributed by atoms with E-state index in [0.717, 1.165) is 0 Å². The minimum Gasteiger partial charge on any atom is -0.481 e. The van der Waals surface area contributed by atoms with Gasteiger partial charge in [0.25, 0.3) is 0 Å². The number of rotatable bonds is 3. The monoisotopic (exact) mass is 358 g/mol. The number of carbonyl (C=O) groups is 1. The molecule has 0 spiro atoms. The summed E-state index contributed by atoms with van der Waals surface area (Å²) in [6.07, 6.45) is 0.312. The standard InChI is InChI=1S/C12H11BrN2O4S/c13-11-5-10(2-1-8(11)6-14)20(18,19)15-4-3-9(7-15)12(16)17/h1-2,5,9H,3-4,7H2,(H,16,17). The normalized spacial score (nSPS) is 19.7. The fraction of sp³-hybridized carbons (Fsp3) is 0.333. The summed E-state index contributed by atoms with van der Waals surface area (Å²) in [4.78, 5) is 10.9. The highest BCUT2D eigenvalue weighted by Gasteiger charge is 2.35. The number of carboxylic acids is 1. The van der Waals surface area contributed by atoms with Crippen LogP contribution >= 0.6 is 15.9 Å². The Kier molecular flexibility index (Phi) is 4.13. The molecule has 0 aliphatic carbocycles. The first-order valence-electron chi connectivity index (χ1n) is 5.79. The first kappa shape index (κ1) is 15.0. The molecule has 0 amide bonds. The highest BCUT2D eigenvalue weighted by atomic mass is 79.9. The van der Waals surface area contributed by atoms with Gasteiger partial charge in [-0.25, -0.2) is 8.42 Å². The van der Waals surface area contributed by atoms with E-state index in [1.807, 2.05) is 6.07 Å². The summed E-state index contributed by atoms with van der Waals surface area (Å²) in [7, 11) is -3.72. The minimum atomic E-state index is -3.72. The highest BCUT2D eigenvalue weighted by Crippen LogP contribution is 2.27. The van der Waals surface area contributed by atoms with Crippen molar-refractivity contribution >= 4 is 31.9 Å². The number of aliphatic carboxylic acids is 1. The molecule has 2 rings (SSSR count). The number of nitriles is 1. The Morgan fingerprint density at radius 1 is 1.50 bits per heavy atom. The van der Waals surface area contributed by atoms with Crippen LogP contribution in [0.1, 0.15) is 12.0 Å². The van der Waals surface area contributed by atoms with Crippen molar-refractivity contribution in [3.63, 3.8) is 0 Å². The van der Waals surface area contributed by atoms with Gasteiger partial charge in [0.15, 0.2) is 0 Å². The molecule has 1 unspecified atom stereocenters. The Balaban J connectivity index is 2.30. The van der Waals surface area contributed by atoms with Gasteiger partial charge in [0.05, 0.1) is 16.4 Å². The van der Waals surface area contributed by atoms with Crippen LogP contribution in [0.3, 0.4) is 0 Å². The maximum Gasteiger partial charge on any atom is 0.307 e. The second kappa shape index (κ2) is 5.52. The average molecular weight is 359 g/mol. The van der Waals surface area contributed by atoms with E-state index in [9.17, 15) is 13.2 Å². The molecular formula is C12H11BrN2O4S. The summed E-state index contributed by atoms with van der Waals surface area (Å²) in [6, 6.07) is 6.07. The van der Waals surface area contributed by atoms with Gasteiger partial charge >= 0.3 is 5.97 Å². The van der Waals surface area contributed by atoms with Crippen LogP contribution in [-0.4, -0.2) is 36.9 Å². The molecule has 20 heavy (non-hydrogen) atoms. The van der Waals surface area contributed by atoms with Gasteiger partial charge in [0.2, 0.25) is 10.0 Å². The summed E-state index contributed by atoms with van der Waals surface area (Å²) in [5.41, 5.74) is 0.341. The summed E-state index contributed by atoms with van der Waals surface area (Å²) in [5.74, 6) is -1.64. The van der Waals surface area contributed by atoms with Crippen molar-refractivity contribution in [2.45, 2.75) is 11.3 Å². The maximum atomic E-state index is 12.4. The Labute approximate surface area is 124 Å². The smallest absolute Gasteiger partial charge is 0.307 e. The SMILES string of the molecule is N#Cc1ccc(S(=O)(=O)N2CCC(C(=O)O)C2)cc1Br. The van der Waals surface area contributed by atoms with Crippen LogP contribution in [0.2, 0.25) is 0 Å². The summed E-state index contributed by atoms with van der Waals surface area (Å²) in [6.45, 7) is 0.173. The van der Waals surface area contributed by atoms with E-state index in [2.05, 4.69) is 15.9 Å². The van der Waals surface area contributed by atoms with Crippen molar-refractivity contribution in [1.82, 2.24) is 4.31 Å². The molecule has 0 saturated carbocycles. The number of hydrogen-bond donors (Lipinski definition) is 1. The van der Waals surface area contributed by atoms with Crippen molar-refractivity contribution in [3.05, 3.63) is 28.2 Å². The van der Waals surface area contributed by atoms with Crippen molar-refractivity contribution in [1.29, 1.82) is 5.26 Å². The molecule has 1 heterocycles. The quantitative estimate of drug-likeness (QED) is 0.880. The van der Waals surface area contributed by atoms with E-state index < -0.39 is 21.9 Å². The molecule has 1 aliphatic rings. The van der Waals surface area contributed by atoms with Crippen molar-refractivity contribution in [3.8, 4) is 6.07 Å². The zero-order chi connectivity index (χ0) is 14.9. The van der Waals surface area contributed by atoms with Crippen LogP contribution < -0.4 is 0 Å². The Hall–Kier alpha value is -1.43. The van der Waals surface area contributed by atoms with E-state index in [1.165, 1.54) is 22.5 Å². The lowest BCUT2D eigenvalue weighted by Gasteiger charge is -2.16. The van der Waals surface area contributed by atoms with Gasteiger partial charge in [-0.2, -0.15) is 9.57 Å². The molecule has 1 atom stereocenters. The van der Waals surface area contributed by atoms with Gasteiger partial charge < -0.3 is 5.11 Å². The molecule has 1 aliphatic heterocycles. The molecule has 1 N–H and O–H groups in total. The Bertz CT molecular complexity index is 696. The molecule has 0 radical (unpaired) electrons. The topological polar surface area (TPSA) is 98.5 Å². The second-order valence-electron chi connectivity index (χ2n) is 4.44. The lowest BCUT2D eigenvalue weighted by molar-refractivity contribution is -0.141. The van der Waals surface area contributed by atoms with E-state index in [4.69, 9.17) is 10.4 Å². The van der Waals surface area contributed by atoms with Crippen LogP contribution in [0.15, 0.2) is 27.6 Å². The predicted molar refractivity (Wildman–Crippen MR) is 73.4 cm³/mol. The molecule has 0 bridgehead atoms. The van der Waals surface area contributed by atoms with E-state index in [1.54, 1.807) is 0 Å². The number of halogens is 1. The zero-order valence-electron chi connectivity index (χ0n) is 10.3. The molecular weight excluding hydrogens is 348 g/mol. The summed E-state index contributed by atoms with van der Waals surface area (Å²) in [5, 5.41) is 17.7. The van der Waals surface area contributed by atoms with Gasteiger partial charge in [-0.15, -0.1) is 0 Å². The molecule has 106 valence electrons. The van der Waals surface area contributed by atoms with E-state index >= 15 is 0 Å². The van der Waals surface area contributed by atoms with Gasteiger partial charge in [0, 0.05) is 17.6 Å². The summed E-state index contributed by atoms with van der Waals surface area (Å²) >= 11 is 3.14. The molecule has 0 aromatic heterocycles. The maximum absolute atomic E-state index is 12.4. The van der Waals surface area contributed by atoms with Gasteiger partial charge in [-0.3, -0.25) is 4.79 Å². The third kappa shape index (κ3) is 2.70. The van der Waals surface area contributed by atoms with Gasteiger partial charge in [-0.1, -0.05) is 0 Å². The fourth-order valence-electron chi connectivity index (χ4n) is 2.04. The van der Waals surface area contributed by atoms with E-state index in [-0.39, 0.29) is 18.0 Å². The van der Waals surface area contributed by atoms with Gasteiger partial charge in [0.1, 0.15) is 6.07 Å². The van der Waals surface area contributed by atoms with Crippen molar-refractivity contribution < 1.29 is 18.3 Å². The van der Waals surface area contributed by atoms with Crippen LogP contribution in [0, 0.1) is 17.2 Å². The third-order valence-electron chi connectivity index (χ3n) is 3.20. The molecule has 8 heteroatoms. The van der Waals surface area contributed by atoms with E-state index in [0.29, 0.717) is 16.5 Å². The Morgan fingerprint density at radius 3 is 2.70 bits per heavy atom. The summed E-state index contributed by atoms with van der Waals surface area (Å²) < 4.78 is 26.3. The van der Waals surface area contributed by atoms with Crippen LogP contribution in [0.5, 0.6) is 0 Å². The largest absolute Gasteiger partial charge is 0.481 e. The zero-order valence-corrected chi connectivity index (χ0v) is 12.7. The Morgan fingerprint density at radius 2 is 2.20 bits per heavy atom. The van der Waals surface area contributed by atoms with Crippen LogP contribution in [-0.2, 0) is 14.8 Å². The first-order chi connectivity index (χ1) is 9.36. The van der Waals surface area contributed by atoms with Crippen molar-refractivity contribution in [2.75, 3.05) is 13.1 Å². The van der Waals surface area contributed by atoms with Crippen molar-refractivity contribution in [2.24, 2.45) is 5.92 Å². The minimum absolute atomic E-state index is 0.0186. The lowest BCUT2D eigenvalue weighted by atomic mass is 10.1. The predicted octanol–water partition coefficient (Wildman–Crippen LogP) is 1.42. The highest BCUT2D eigenvalue weighted by molar-refractivity contribution is 9.10. The molecule has 1 fully saturated rings. The number of benzene rings is 1. The number of hydrogen-bond acceptors (Lipinski definition) is 4. The van der Waals surface area contributed by atoms with Gasteiger partial charge in [-0.05, 0) is 40.5 Å². The fourth-order valence-corrected chi connectivity index (χ4v) is 4.19. The molecule has 1 saturated heterocycles. The number of carboxylic acid groups (broad SMARTS) is 1. The van der Waals surface area contributed by atoms with Crippen LogP contribution in [0.4, 0.5) is 0 Å². The van der Waals surface area contributed by atoms with Crippen LogP contribution in [0.25, 0.3) is 0 Å². The first-order valence-corrected chi connectivity index (χ1v) is 8.02. The number of nitrogens with zero attached hydrogens (tertiary/aromatic N) is 2. The third-order valence-corrected chi connectivity index (χ3v) is 5.72. The second-order valence-corrected chi connectivity index (χ2v) is 7.23. The average Bonchev–Trinajstić information content (AvgIpc) is 2.89. The molecule has 6 nitrogen and oxygen atoms in total. The molecule has 1 aromatic carbocycles.